The number of pyridine rings is 1. The van der Waals surface area contributed by atoms with E-state index < -0.39 is 0 Å². The molecule has 5 N–H and O–H groups in total. The van der Waals surface area contributed by atoms with E-state index in [1.165, 1.54) is 0 Å². The van der Waals surface area contributed by atoms with Crippen LogP contribution >= 0.6 is 0 Å². The van der Waals surface area contributed by atoms with Crippen LogP contribution in [0.3, 0.4) is 0 Å². The second-order valence-electron chi connectivity index (χ2n) is 7.15. The molecule has 7 nitrogen and oxygen atoms in total. The molecule has 7 heteroatoms. The molecular formula is C21H27N5O2. The lowest BCUT2D eigenvalue weighted by molar-refractivity contribution is -0.122. The lowest BCUT2D eigenvalue weighted by Crippen LogP contribution is -2.39. The van der Waals surface area contributed by atoms with E-state index in [1.54, 1.807) is 6.20 Å². The normalized spacial score (nSPS) is 15.8. The fourth-order valence-electron chi connectivity index (χ4n) is 3.51. The molecule has 0 aliphatic carbocycles. The Labute approximate surface area is 165 Å². The molecule has 1 saturated heterocycles. The van der Waals surface area contributed by atoms with Crippen LogP contribution in [0.4, 0.5) is 5.82 Å². The topological polar surface area (TPSA) is 114 Å². The Morgan fingerprint density at radius 3 is 2.54 bits per heavy atom. The Kier molecular flexibility index (Phi) is 6.60. The summed E-state index contributed by atoms with van der Waals surface area (Å²) in [5.74, 6) is 0.446. The number of nitrogens with zero attached hydrogens (tertiary/aromatic N) is 2. The lowest BCUT2D eigenvalue weighted by Gasteiger charge is -2.32. The second-order valence-corrected chi connectivity index (χ2v) is 7.15. The van der Waals surface area contributed by atoms with Crippen molar-refractivity contribution >= 4 is 17.6 Å². The maximum Gasteiger partial charge on any atom is 0.222 e. The molecule has 1 aliphatic rings. The summed E-state index contributed by atoms with van der Waals surface area (Å²) >= 11 is 0. The monoisotopic (exact) mass is 381 g/mol. The van der Waals surface area contributed by atoms with Crippen LogP contribution in [0.25, 0.3) is 0 Å². The molecule has 1 fully saturated rings. The van der Waals surface area contributed by atoms with Gasteiger partial charge in [0.1, 0.15) is 5.82 Å². The molecule has 148 valence electrons. The van der Waals surface area contributed by atoms with Gasteiger partial charge in [-0.3, -0.25) is 9.59 Å². The number of aromatic nitrogens is 1. The number of nitrogens with two attached hydrogens (primary N) is 2. The molecule has 28 heavy (non-hydrogen) atoms. The van der Waals surface area contributed by atoms with E-state index in [4.69, 9.17) is 11.5 Å². The molecule has 1 unspecified atom stereocenters. The summed E-state index contributed by atoms with van der Waals surface area (Å²) in [4.78, 5) is 30.3. The lowest BCUT2D eigenvalue weighted by atomic mass is 9.96. The molecule has 0 spiro atoms. The van der Waals surface area contributed by atoms with Crippen molar-refractivity contribution < 1.29 is 9.59 Å². The first-order chi connectivity index (χ1) is 13.5. The molecule has 0 saturated carbocycles. The van der Waals surface area contributed by atoms with Crippen LogP contribution in [0.1, 0.15) is 36.4 Å². The molecule has 2 aromatic rings. The van der Waals surface area contributed by atoms with E-state index in [-0.39, 0.29) is 30.2 Å². The second kappa shape index (κ2) is 9.32. The van der Waals surface area contributed by atoms with Gasteiger partial charge in [-0.1, -0.05) is 36.4 Å². The summed E-state index contributed by atoms with van der Waals surface area (Å²) in [6.07, 6.45) is 3.42. The van der Waals surface area contributed by atoms with E-state index in [1.807, 2.05) is 42.5 Å². The SMILES string of the molecule is NC(=O)C1CCN(c2ncccc2CNC(=O)CC(N)c2ccccc2)CC1. The minimum absolute atomic E-state index is 0.0670. The quantitative estimate of drug-likeness (QED) is 0.672. The zero-order chi connectivity index (χ0) is 19.9. The van der Waals surface area contributed by atoms with Gasteiger partial charge in [0.2, 0.25) is 11.8 Å². The summed E-state index contributed by atoms with van der Waals surface area (Å²) in [5, 5.41) is 2.95. The van der Waals surface area contributed by atoms with Gasteiger partial charge < -0.3 is 21.7 Å². The molecule has 1 aromatic carbocycles. The molecule has 1 aliphatic heterocycles. The molecule has 2 amide bonds. The largest absolute Gasteiger partial charge is 0.369 e. The van der Waals surface area contributed by atoms with Crippen molar-refractivity contribution in [1.29, 1.82) is 0 Å². The van der Waals surface area contributed by atoms with Gasteiger partial charge in [0.25, 0.3) is 0 Å². The third kappa shape index (κ3) is 5.07. The highest BCUT2D eigenvalue weighted by molar-refractivity contribution is 5.77. The van der Waals surface area contributed by atoms with Crippen molar-refractivity contribution in [3.8, 4) is 0 Å². The van der Waals surface area contributed by atoms with Gasteiger partial charge in [0.15, 0.2) is 0 Å². The number of hydrogen-bond acceptors (Lipinski definition) is 5. The van der Waals surface area contributed by atoms with Crippen LogP contribution < -0.4 is 21.7 Å². The third-order valence-corrected chi connectivity index (χ3v) is 5.17. The zero-order valence-electron chi connectivity index (χ0n) is 15.9. The Hall–Kier alpha value is -2.93. The number of amides is 2. The van der Waals surface area contributed by atoms with Crippen molar-refractivity contribution in [3.05, 3.63) is 59.8 Å². The van der Waals surface area contributed by atoms with Gasteiger partial charge >= 0.3 is 0 Å². The summed E-state index contributed by atoms with van der Waals surface area (Å²) in [5.41, 5.74) is 13.4. The minimum Gasteiger partial charge on any atom is -0.369 e. The minimum atomic E-state index is -0.331. The van der Waals surface area contributed by atoms with Crippen molar-refractivity contribution in [2.75, 3.05) is 18.0 Å². The Morgan fingerprint density at radius 1 is 1.14 bits per heavy atom. The average molecular weight is 381 g/mol. The number of piperidine rings is 1. The van der Waals surface area contributed by atoms with Gasteiger partial charge in [-0.05, 0) is 24.5 Å². The van der Waals surface area contributed by atoms with Crippen LogP contribution in [-0.4, -0.2) is 29.9 Å². The Balaban J connectivity index is 1.56. The highest BCUT2D eigenvalue weighted by Crippen LogP contribution is 2.24. The third-order valence-electron chi connectivity index (χ3n) is 5.17. The van der Waals surface area contributed by atoms with Crippen molar-refractivity contribution in [2.45, 2.75) is 31.8 Å². The van der Waals surface area contributed by atoms with E-state index in [0.29, 0.717) is 6.54 Å². The first kappa shape index (κ1) is 19.8. The maximum absolute atomic E-state index is 12.3. The molecule has 1 aromatic heterocycles. The van der Waals surface area contributed by atoms with Gasteiger partial charge in [0.05, 0.1) is 0 Å². The molecule has 0 radical (unpaired) electrons. The number of benzene rings is 1. The van der Waals surface area contributed by atoms with Gasteiger partial charge in [-0.25, -0.2) is 4.98 Å². The van der Waals surface area contributed by atoms with Gasteiger partial charge in [0, 0.05) is 49.8 Å². The molecule has 1 atom stereocenters. The van der Waals surface area contributed by atoms with Crippen LogP contribution in [0.15, 0.2) is 48.7 Å². The van der Waals surface area contributed by atoms with Crippen LogP contribution in [0.2, 0.25) is 0 Å². The highest BCUT2D eigenvalue weighted by Gasteiger charge is 2.25. The van der Waals surface area contributed by atoms with Crippen molar-refractivity contribution in [3.63, 3.8) is 0 Å². The smallest absolute Gasteiger partial charge is 0.222 e. The number of hydrogen-bond donors (Lipinski definition) is 3. The molecule has 2 heterocycles. The fraction of sp³-hybridized carbons (Fsp3) is 0.381. The van der Waals surface area contributed by atoms with E-state index in [9.17, 15) is 9.59 Å². The van der Waals surface area contributed by atoms with Crippen molar-refractivity contribution in [2.24, 2.45) is 17.4 Å². The van der Waals surface area contributed by atoms with Crippen LogP contribution in [0, 0.1) is 5.92 Å². The predicted molar refractivity (Wildman–Crippen MR) is 108 cm³/mol. The average Bonchev–Trinajstić information content (AvgIpc) is 2.73. The Bertz CT molecular complexity index is 803. The number of primary amides is 1. The van der Waals surface area contributed by atoms with Crippen LogP contribution in [-0.2, 0) is 16.1 Å². The Morgan fingerprint density at radius 2 is 1.86 bits per heavy atom. The standard InChI is InChI=1S/C21H27N5O2/c22-18(15-5-2-1-3-6-15)13-19(27)25-14-17-7-4-10-24-21(17)26-11-8-16(9-12-26)20(23)28/h1-7,10,16,18H,8-9,11-14,22H2,(H2,23,28)(H,25,27). The van der Waals surface area contributed by atoms with Crippen molar-refractivity contribution in [1.82, 2.24) is 10.3 Å². The van der Waals surface area contributed by atoms with Gasteiger partial charge in [-0.2, -0.15) is 0 Å². The van der Waals surface area contributed by atoms with E-state index >= 15 is 0 Å². The number of carbonyl (C=O) groups excluding carboxylic acids is 2. The van der Waals surface area contributed by atoms with E-state index in [0.717, 1.165) is 42.9 Å². The highest BCUT2D eigenvalue weighted by atomic mass is 16.2. The van der Waals surface area contributed by atoms with E-state index in [2.05, 4.69) is 15.2 Å². The predicted octanol–water partition coefficient (Wildman–Crippen LogP) is 1.49. The summed E-state index contributed by atoms with van der Waals surface area (Å²) < 4.78 is 0. The summed E-state index contributed by atoms with van der Waals surface area (Å²) in [7, 11) is 0. The molecule has 0 bridgehead atoms. The van der Waals surface area contributed by atoms with Gasteiger partial charge in [-0.15, -0.1) is 0 Å². The fourth-order valence-corrected chi connectivity index (χ4v) is 3.51. The number of rotatable bonds is 7. The number of nitrogens with one attached hydrogen (secondary N) is 1. The van der Waals surface area contributed by atoms with Crippen LogP contribution in [0.5, 0.6) is 0 Å². The maximum atomic E-state index is 12.3. The first-order valence-corrected chi connectivity index (χ1v) is 9.60. The number of carbonyl (C=O) groups is 2. The molecular weight excluding hydrogens is 354 g/mol. The number of anilines is 1. The molecule has 3 rings (SSSR count). The summed E-state index contributed by atoms with van der Waals surface area (Å²) in [6, 6.07) is 13.1. The summed E-state index contributed by atoms with van der Waals surface area (Å²) in [6.45, 7) is 1.84. The zero-order valence-corrected chi connectivity index (χ0v) is 15.9. The first-order valence-electron chi connectivity index (χ1n) is 9.60.